The molecule has 3 heterocycles. The molecular weight excluding hydrogens is 376 g/mol. The second kappa shape index (κ2) is 6.97. The lowest BCUT2D eigenvalue weighted by molar-refractivity contribution is 0.314. The van der Waals surface area contributed by atoms with Crippen molar-refractivity contribution in [1.29, 1.82) is 0 Å². The van der Waals surface area contributed by atoms with Crippen molar-refractivity contribution >= 4 is 11.6 Å². The summed E-state index contributed by atoms with van der Waals surface area (Å²) in [7, 11) is 2.10. The summed E-state index contributed by atoms with van der Waals surface area (Å²) in [5, 5.41) is 18.1. The molecule has 0 radical (unpaired) electrons. The quantitative estimate of drug-likeness (QED) is 0.649. The molecule has 5 rings (SSSR count). The first-order valence-corrected chi connectivity index (χ1v) is 10.2. The van der Waals surface area contributed by atoms with E-state index in [9.17, 15) is 0 Å². The third kappa shape index (κ3) is 3.12. The minimum absolute atomic E-state index is 0.348. The van der Waals surface area contributed by atoms with Crippen molar-refractivity contribution in [3.8, 4) is 5.69 Å². The van der Waals surface area contributed by atoms with E-state index in [1.165, 1.54) is 5.56 Å². The predicted octanol–water partition coefficient (Wildman–Crippen LogP) is 4.00. The van der Waals surface area contributed by atoms with Gasteiger partial charge in [0.05, 0.1) is 12.2 Å². The molecule has 0 amide bonds. The zero-order valence-corrected chi connectivity index (χ0v) is 16.9. The summed E-state index contributed by atoms with van der Waals surface area (Å²) in [6.45, 7) is 3.46. The van der Waals surface area contributed by atoms with Crippen LogP contribution < -0.4 is 0 Å². The summed E-state index contributed by atoms with van der Waals surface area (Å²) in [6, 6.07) is 6.11. The Hall–Kier alpha value is -2.25. The van der Waals surface area contributed by atoms with Crippen LogP contribution in [0.3, 0.4) is 0 Å². The zero-order chi connectivity index (χ0) is 19.3. The second-order valence-corrected chi connectivity index (χ2v) is 8.40. The number of halogens is 1. The monoisotopic (exact) mass is 398 g/mol. The molecule has 146 valence electrons. The van der Waals surface area contributed by atoms with E-state index in [4.69, 9.17) is 16.0 Å². The molecule has 8 heteroatoms. The molecule has 1 fully saturated rings. The van der Waals surface area contributed by atoms with Gasteiger partial charge in [-0.25, -0.2) is 0 Å². The smallest absolute Gasteiger partial charge is 0.219 e. The average molecular weight is 399 g/mol. The van der Waals surface area contributed by atoms with Gasteiger partial charge in [0.2, 0.25) is 11.8 Å². The zero-order valence-electron chi connectivity index (χ0n) is 16.1. The fraction of sp³-hybridized carbons (Fsp3) is 0.500. The Morgan fingerprint density at radius 3 is 2.54 bits per heavy atom. The number of hydrogen-bond donors (Lipinski definition) is 0. The van der Waals surface area contributed by atoms with Crippen molar-refractivity contribution in [3.63, 3.8) is 0 Å². The summed E-state index contributed by atoms with van der Waals surface area (Å²) < 4.78 is 7.91. The first kappa shape index (κ1) is 17.8. The van der Waals surface area contributed by atoms with Crippen molar-refractivity contribution < 1.29 is 4.42 Å². The van der Waals surface area contributed by atoms with Crippen LogP contribution in [0.2, 0.25) is 5.02 Å². The Balaban J connectivity index is 1.45. The topological polar surface area (TPSA) is 72.9 Å². The molecule has 1 saturated carbocycles. The van der Waals surface area contributed by atoms with Crippen molar-refractivity contribution in [2.24, 2.45) is 0 Å². The maximum Gasteiger partial charge on any atom is 0.219 e. The van der Waals surface area contributed by atoms with Gasteiger partial charge < -0.3 is 4.42 Å². The first-order valence-electron chi connectivity index (χ1n) is 9.80. The van der Waals surface area contributed by atoms with Gasteiger partial charge in [0, 0.05) is 30.3 Å². The minimum atomic E-state index is 0.348. The average Bonchev–Trinajstić information content (AvgIpc) is 3.25. The van der Waals surface area contributed by atoms with Crippen LogP contribution in [0.4, 0.5) is 0 Å². The molecule has 0 atom stereocenters. The van der Waals surface area contributed by atoms with E-state index in [0.717, 1.165) is 67.0 Å². The summed E-state index contributed by atoms with van der Waals surface area (Å²) in [4.78, 5) is 2.25. The van der Waals surface area contributed by atoms with Crippen LogP contribution >= 0.6 is 11.6 Å². The number of nitrogens with zero attached hydrogens (tertiary/aromatic N) is 6. The SMILES string of the molecule is Cc1nnc(C2CCC(c3nnc4n3-c3ccc(Cl)cc3CN(C)C4)CC2)o1. The third-order valence-electron chi connectivity index (χ3n) is 5.87. The molecule has 3 aromatic rings. The second-order valence-electron chi connectivity index (χ2n) is 7.96. The largest absolute Gasteiger partial charge is 0.425 e. The van der Waals surface area contributed by atoms with Crippen LogP contribution in [-0.2, 0) is 13.1 Å². The van der Waals surface area contributed by atoms with Crippen molar-refractivity contribution in [1.82, 2.24) is 29.9 Å². The molecule has 2 aromatic heterocycles. The van der Waals surface area contributed by atoms with E-state index in [0.29, 0.717) is 17.7 Å². The molecule has 0 N–H and O–H groups in total. The molecule has 7 nitrogen and oxygen atoms in total. The Bertz CT molecular complexity index is 1000. The van der Waals surface area contributed by atoms with Gasteiger partial charge in [0.25, 0.3) is 0 Å². The van der Waals surface area contributed by atoms with Crippen LogP contribution in [0.15, 0.2) is 22.6 Å². The normalized spacial score (nSPS) is 22.5. The Labute approximate surface area is 168 Å². The molecule has 1 aliphatic heterocycles. The summed E-state index contributed by atoms with van der Waals surface area (Å²) in [6.07, 6.45) is 4.15. The minimum Gasteiger partial charge on any atom is -0.425 e. The maximum absolute atomic E-state index is 6.26. The van der Waals surface area contributed by atoms with E-state index < -0.39 is 0 Å². The predicted molar refractivity (Wildman–Crippen MR) is 105 cm³/mol. The molecule has 2 aliphatic rings. The summed E-state index contributed by atoms with van der Waals surface area (Å²) in [5.41, 5.74) is 2.36. The van der Waals surface area contributed by atoms with Crippen LogP contribution in [0, 0.1) is 6.92 Å². The highest BCUT2D eigenvalue weighted by Gasteiger charge is 2.32. The van der Waals surface area contributed by atoms with Gasteiger partial charge in [-0.05, 0) is 56.5 Å². The van der Waals surface area contributed by atoms with Crippen molar-refractivity contribution in [2.75, 3.05) is 7.05 Å². The van der Waals surface area contributed by atoms with Gasteiger partial charge >= 0.3 is 0 Å². The lowest BCUT2D eigenvalue weighted by Crippen LogP contribution is -2.17. The molecule has 28 heavy (non-hydrogen) atoms. The number of rotatable bonds is 2. The lowest BCUT2D eigenvalue weighted by Gasteiger charge is -2.26. The summed E-state index contributed by atoms with van der Waals surface area (Å²) >= 11 is 6.26. The third-order valence-corrected chi connectivity index (χ3v) is 6.11. The Morgan fingerprint density at radius 1 is 1.00 bits per heavy atom. The molecular formula is C20H23ClN6O. The van der Waals surface area contributed by atoms with Crippen LogP contribution in [-0.4, -0.2) is 36.9 Å². The highest BCUT2D eigenvalue weighted by molar-refractivity contribution is 6.30. The van der Waals surface area contributed by atoms with Gasteiger partial charge in [-0.15, -0.1) is 20.4 Å². The van der Waals surface area contributed by atoms with Crippen molar-refractivity contribution in [3.05, 3.63) is 52.2 Å². The van der Waals surface area contributed by atoms with Gasteiger partial charge in [0.1, 0.15) is 5.82 Å². The number of aromatic nitrogens is 5. The van der Waals surface area contributed by atoms with E-state index in [2.05, 4.69) is 49.0 Å². The van der Waals surface area contributed by atoms with Gasteiger partial charge in [-0.1, -0.05) is 11.6 Å². The van der Waals surface area contributed by atoms with E-state index in [-0.39, 0.29) is 0 Å². The fourth-order valence-electron chi connectivity index (χ4n) is 4.52. The lowest BCUT2D eigenvalue weighted by atomic mass is 9.81. The highest BCUT2D eigenvalue weighted by atomic mass is 35.5. The number of hydrogen-bond acceptors (Lipinski definition) is 6. The number of benzene rings is 1. The van der Waals surface area contributed by atoms with Gasteiger partial charge in [0.15, 0.2) is 5.82 Å². The van der Waals surface area contributed by atoms with E-state index in [1.807, 2.05) is 13.0 Å². The van der Waals surface area contributed by atoms with Crippen LogP contribution in [0.25, 0.3) is 5.69 Å². The van der Waals surface area contributed by atoms with E-state index in [1.54, 1.807) is 0 Å². The highest BCUT2D eigenvalue weighted by Crippen LogP contribution is 2.41. The molecule has 1 aliphatic carbocycles. The fourth-order valence-corrected chi connectivity index (χ4v) is 4.72. The first-order chi connectivity index (χ1) is 13.6. The number of aryl methyl sites for hydroxylation is 1. The molecule has 0 bridgehead atoms. The van der Waals surface area contributed by atoms with E-state index >= 15 is 0 Å². The molecule has 0 spiro atoms. The Morgan fingerprint density at radius 2 is 1.79 bits per heavy atom. The van der Waals surface area contributed by atoms with Gasteiger partial charge in [-0.2, -0.15) is 0 Å². The van der Waals surface area contributed by atoms with Crippen LogP contribution in [0.5, 0.6) is 0 Å². The maximum atomic E-state index is 6.26. The Kier molecular flexibility index (Phi) is 4.44. The molecule has 1 aromatic carbocycles. The van der Waals surface area contributed by atoms with Crippen molar-refractivity contribution in [2.45, 2.75) is 57.5 Å². The van der Waals surface area contributed by atoms with Gasteiger partial charge in [-0.3, -0.25) is 9.47 Å². The summed E-state index contributed by atoms with van der Waals surface area (Å²) in [5.74, 6) is 4.20. The molecule has 0 saturated heterocycles. The molecule has 0 unspecified atom stereocenters. The number of fused-ring (bicyclic) bond motifs is 3. The standard InChI is InChI=1S/C20H23ClN6O/c1-12-22-25-20(28-12)14-5-3-13(4-6-14)19-24-23-18-11-26(2)10-15-9-16(21)7-8-17(15)27(18)19/h7-9,13-14H,3-6,10-11H2,1-2H3. The van der Waals surface area contributed by atoms with Crippen LogP contribution in [0.1, 0.15) is 66.5 Å².